The SMILES string of the molecule is CCCCOCC[Si]1(C(C)C)O[Si](CCOCCCC)(C(C)C)O[Si](CCOCCCC)(C(C)C)O[Si](CCOCCCC)(C(C)C)O1. The molecule has 0 saturated carbocycles. The van der Waals surface area contributed by atoms with Gasteiger partial charge in [0.05, 0.1) is 0 Å². The van der Waals surface area contributed by atoms with Gasteiger partial charge in [-0.1, -0.05) is 109 Å². The van der Waals surface area contributed by atoms with Crippen molar-refractivity contribution in [2.24, 2.45) is 0 Å². The molecule has 0 spiro atoms. The topological polar surface area (TPSA) is 73.8 Å². The maximum absolute atomic E-state index is 7.88. The Morgan fingerprint density at radius 2 is 0.521 bits per heavy atom. The van der Waals surface area contributed by atoms with Crippen LogP contribution in [0.1, 0.15) is 134 Å². The van der Waals surface area contributed by atoms with Crippen LogP contribution in [0.3, 0.4) is 0 Å². The van der Waals surface area contributed by atoms with Crippen molar-refractivity contribution in [3.63, 3.8) is 0 Å². The van der Waals surface area contributed by atoms with Gasteiger partial charge in [0.25, 0.3) is 0 Å². The summed E-state index contributed by atoms with van der Waals surface area (Å²) in [5.74, 6) is 0. The predicted octanol–water partition coefficient (Wildman–Crippen LogP) is 10.7. The molecule has 0 bridgehead atoms. The maximum atomic E-state index is 7.88. The molecule has 0 aromatic heterocycles. The van der Waals surface area contributed by atoms with Gasteiger partial charge in [0.2, 0.25) is 0 Å². The summed E-state index contributed by atoms with van der Waals surface area (Å²) in [6, 6.07) is 3.09. The smallest absolute Gasteiger partial charge is 0.325 e. The van der Waals surface area contributed by atoms with Gasteiger partial charge in [0.1, 0.15) is 0 Å². The first kappa shape index (κ1) is 46.6. The minimum atomic E-state index is -2.97. The minimum absolute atomic E-state index is 0.198. The van der Waals surface area contributed by atoms with Gasteiger partial charge in [-0.3, -0.25) is 0 Å². The van der Waals surface area contributed by atoms with Crippen LogP contribution in [-0.2, 0) is 35.4 Å². The van der Waals surface area contributed by atoms with Crippen molar-refractivity contribution < 1.29 is 35.4 Å². The summed E-state index contributed by atoms with van der Waals surface area (Å²) in [5.41, 5.74) is 0.790. The number of ether oxygens (including phenoxy) is 4. The number of unbranched alkanes of at least 4 members (excludes halogenated alkanes) is 4. The standard InChI is InChI=1S/C36H80O8Si4/c1-13-17-21-37-25-29-45(33(5)6)41-46(34(7)8,30-26-38-22-18-14-2)43-48(36(11)12,32-28-40-24-20-16-4)44-47(42-45,35(9)10)31-27-39-23-19-15-3/h33-36H,13-32H2,1-12H3. The van der Waals surface area contributed by atoms with Gasteiger partial charge in [-0.2, -0.15) is 0 Å². The largest absolute Gasteiger partial charge is 0.415 e. The lowest BCUT2D eigenvalue weighted by Gasteiger charge is -2.57. The molecular formula is C36H80O8Si4. The molecule has 1 saturated heterocycles. The summed E-state index contributed by atoms with van der Waals surface area (Å²) in [7, 11) is -11.9. The highest BCUT2D eigenvalue weighted by atomic mass is 28.5. The average molecular weight is 753 g/mol. The van der Waals surface area contributed by atoms with Crippen LogP contribution in [0.5, 0.6) is 0 Å². The van der Waals surface area contributed by atoms with Crippen molar-refractivity contribution >= 4 is 34.2 Å². The van der Waals surface area contributed by atoms with E-state index in [2.05, 4.69) is 83.1 Å². The molecule has 0 aromatic rings. The molecule has 0 atom stereocenters. The van der Waals surface area contributed by atoms with E-state index >= 15 is 0 Å². The molecule has 1 rings (SSSR count). The van der Waals surface area contributed by atoms with Crippen LogP contribution in [0, 0.1) is 0 Å². The van der Waals surface area contributed by atoms with E-state index in [0.29, 0.717) is 26.4 Å². The number of rotatable bonds is 28. The lowest BCUT2D eigenvalue weighted by molar-refractivity contribution is 0.113. The minimum Gasteiger partial charge on any atom is -0.415 e. The van der Waals surface area contributed by atoms with Gasteiger partial charge >= 0.3 is 34.2 Å². The van der Waals surface area contributed by atoms with E-state index < -0.39 is 34.2 Å². The lowest BCUT2D eigenvalue weighted by Crippen LogP contribution is -2.73. The molecular weight excluding hydrogens is 673 g/mol. The summed E-state index contributed by atoms with van der Waals surface area (Å²) in [5, 5.41) is 0. The molecule has 0 unspecified atom stereocenters. The molecule has 0 amide bonds. The van der Waals surface area contributed by atoms with Crippen molar-refractivity contribution in [2.75, 3.05) is 52.9 Å². The summed E-state index contributed by atoms with van der Waals surface area (Å²) >= 11 is 0. The van der Waals surface area contributed by atoms with Crippen molar-refractivity contribution in [3.05, 3.63) is 0 Å². The highest BCUT2D eigenvalue weighted by molar-refractivity contribution is 6.96. The Labute approximate surface area is 302 Å². The second-order valence-electron chi connectivity index (χ2n) is 15.1. The summed E-state index contributed by atoms with van der Waals surface area (Å²) in [6.07, 6.45) is 8.73. The van der Waals surface area contributed by atoms with E-state index in [9.17, 15) is 0 Å². The third-order valence-electron chi connectivity index (χ3n) is 9.85. The zero-order chi connectivity index (χ0) is 36.1. The van der Waals surface area contributed by atoms with Crippen molar-refractivity contribution in [2.45, 2.75) is 181 Å². The first-order valence-electron chi connectivity index (χ1n) is 20.0. The molecule has 0 aromatic carbocycles. The number of hydrogen-bond acceptors (Lipinski definition) is 8. The quantitative estimate of drug-likeness (QED) is 0.0578. The summed E-state index contributed by atoms with van der Waals surface area (Å²) < 4.78 is 56.6. The highest BCUT2D eigenvalue weighted by Gasteiger charge is 2.65. The molecule has 1 heterocycles. The number of hydrogen-bond donors (Lipinski definition) is 0. The van der Waals surface area contributed by atoms with Gasteiger partial charge in [-0.25, -0.2) is 0 Å². The van der Waals surface area contributed by atoms with Gasteiger partial charge in [-0.15, -0.1) is 0 Å². The van der Waals surface area contributed by atoms with Crippen LogP contribution >= 0.6 is 0 Å². The molecule has 1 aliphatic heterocycles. The third kappa shape index (κ3) is 14.9. The normalized spacial score (nSPS) is 27.0. The van der Waals surface area contributed by atoms with E-state index in [4.69, 9.17) is 35.4 Å². The Hall–Kier alpha value is 0.548. The fourth-order valence-electron chi connectivity index (χ4n) is 6.01. The average Bonchev–Trinajstić information content (AvgIpc) is 3.02. The highest BCUT2D eigenvalue weighted by Crippen LogP contribution is 2.49. The van der Waals surface area contributed by atoms with Crippen LogP contribution in [0.15, 0.2) is 0 Å². The monoisotopic (exact) mass is 752 g/mol. The van der Waals surface area contributed by atoms with Crippen LogP contribution in [0.4, 0.5) is 0 Å². The first-order chi connectivity index (χ1) is 22.8. The maximum Gasteiger partial charge on any atom is 0.325 e. The van der Waals surface area contributed by atoms with E-state index in [1.165, 1.54) is 0 Å². The van der Waals surface area contributed by atoms with Crippen LogP contribution < -0.4 is 0 Å². The molecule has 12 heteroatoms. The zero-order valence-electron chi connectivity index (χ0n) is 33.7. The molecule has 0 radical (unpaired) electrons. The fourth-order valence-corrected chi connectivity index (χ4v) is 32.4. The molecule has 1 fully saturated rings. The first-order valence-corrected chi connectivity index (χ1v) is 28.4. The zero-order valence-corrected chi connectivity index (χ0v) is 37.7. The van der Waals surface area contributed by atoms with Crippen LogP contribution in [0.2, 0.25) is 46.3 Å². The second-order valence-corrected chi connectivity index (χ2v) is 31.5. The summed E-state index contributed by atoms with van der Waals surface area (Å²) in [6.45, 7) is 32.8. The Balaban J connectivity index is 3.85. The molecule has 1 aliphatic rings. The Morgan fingerprint density at radius 1 is 0.333 bits per heavy atom. The van der Waals surface area contributed by atoms with Gasteiger partial charge < -0.3 is 35.4 Å². The molecule has 0 N–H and O–H groups in total. The van der Waals surface area contributed by atoms with E-state index in [1.54, 1.807) is 0 Å². The van der Waals surface area contributed by atoms with Crippen molar-refractivity contribution in [3.8, 4) is 0 Å². The molecule has 8 nitrogen and oxygen atoms in total. The lowest BCUT2D eigenvalue weighted by atomic mass is 10.4. The molecule has 288 valence electrons. The Bertz CT molecular complexity index is 666. The molecule has 48 heavy (non-hydrogen) atoms. The molecule has 0 aliphatic carbocycles. The Kier molecular flexibility index (Phi) is 24.0. The van der Waals surface area contributed by atoms with E-state index in [1.807, 2.05) is 0 Å². The third-order valence-corrected chi connectivity index (χ3v) is 31.5. The second kappa shape index (κ2) is 24.7. The van der Waals surface area contributed by atoms with Gasteiger partial charge in [0, 0.05) is 77.0 Å². The predicted molar refractivity (Wildman–Crippen MR) is 210 cm³/mol. The summed E-state index contributed by atoms with van der Waals surface area (Å²) in [4.78, 5) is 0. The van der Waals surface area contributed by atoms with Crippen molar-refractivity contribution in [1.29, 1.82) is 0 Å². The van der Waals surface area contributed by atoms with Crippen LogP contribution in [-0.4, -0.2) is 87.1 Å². The van der Waals surface area contributed by atoms with E-state index in [0.717, 1.165) is 102 Å². The van der Waals surface area contributed by atoms with Gasteiger partial charge in [-0.05, 0) is 47.8 Å². The van der Waals surface area contributed by atoms with E-state index in [-0.39, 0.29) is 22.2 Å². The Morgan fingerprint density at radius 3 is 0.667 bits per heavy atom. The van der Waals surface area contributed by atoms with Gasteiger partial charge in [0.15, 0.2) is 0 Å². The fraction of sp³-hybridized carbons (Fsp3) is 1.00. The van der Waals surface area contributed by atoms with Crippen molar-refractivity contribution in [1.82, 2.24) is 0 Å². The van der Waals surface area contributed by atoms with Crippen LogP contribution in [0.25, 0.3) is 0 Å².